The minimum absolute atomic E-state index is 0.827. The van der Waals surface area contributed by atoms with Crippen LogP contribution < -0.4 is 10.6 Å². The summed E-state index contributed by atoms with van der Waals surface area (Å²) in [5, 5.41) is 0. The lowest BCUT2D eigenvalue weighted by atomic mass is 10.1. The van der Waals surface area contributed by atoms with E-state index in [1.54, 1.807) is 0 Å². The average Bonchev–Trinajstić information content (AvgIpc) is 2.72. The van der Waals surface area contributed by atoms with Crippen molar-refractivity contribution in [2.75, 3.05) is 24.2 Å². The number of benzene rings is 1. The molecule has 0 bridgehead atoms. The highest BCUT2D eigenvalue weighted by atomic mass is 16.3. The van der Waals surface area contributed by atoms with Crippen molar-refractivity contribution in [3.8, 4) is 0 Å². The number of anilines is 2. The van der Waals surface area contributed by atoms with Gasteiger partial charge in [-0.1, -0.05) is 12.1 Å². The van der Waals surface area contributed by atoms with Gasteiger partial charge in [0, 0.05) is 20.0 Å². The Kier molecular flexibility index (Phi) is 3.60. The highest BCUT2D eigenvalue weighted by Gasteiger charge is 2.09. The Morgan fingerprint density at radius 1 is 1.17 bits per heavy atom. The molecule has 0 aliphatic heterocycles. The summed E-state index contributed by atoms with van der Waals surface area (Å²) in [4.78, 5) is 2.18. The van der Waals surface area contributed by atoms with Gasteiger partial charge in [0.1, 0.15) is 11.5 Å². The second-order valence-electron chi connectivity index (χ2n) is 4.70. The molecule has 2 rings (SSSR count). The number of hydrogen-bond donors (Lipinski definition) is 1. The topological polar surface area (TPSA) is 42.4 Å². The molecule has 0 spiro atoms. The Hall–Kier alpha value is -1.90. The van der Waals surface area contributed by atoms with Gasteiger partial charge >= 0.3 is 0 Å². The summed E-state index contributed by atoms with van der Waals surface area (Å²) in [7, 11) is 2.06. The highest BCUT2D eigenvalue weighted by molar-refractivity contribution is 5.71. The monoisotopic (exact) mass is 244 g/mol. The number of aryl methyl sites for hydroxylation is 2. The Balaban J connectivity index is 2.06. The van der Waals surface area contributed by atoms with E-state index >= 15 is 0 Å². The van der Waals surface area contributed by atoms with Crippen LogP contribution in [0.25, 0.3) is 0 Å². The summed E-state index contributed by atoms with van der Waals surface area (Å²) in [5.74, 6) is 1.98. The van der Waals surface area contributed by atoms with E-state index in [2.05, 4.69) is 24.9 Å². The largest absolute Gasteiger partial charge is 0.466 e. The number of likely N-dealkylation sites (N-methyl/N-ethyl adjacent to an activating group) is 1. The second-order valence-corrected chi connectivity index (χ2v) is 4.70. The van der Waals surface area contributed by atoms with Crippen LogP contribution in [-0.2, 0) is 6.42 Å². The van der Waals surface area contributed by atoms with E-state index in [0.29, 0.717) is 0 Å². The molecule has 0 atom stereocenters. The fourth-order valence-corrected chi connectivity index (χ4v) is 2.21. The summed E-state index contributed by atoms with van der Waals surface area (Å²) >= 11 is 0. The molecule has 1 aromatic heterocycles. The van der Waals surface area contributed by atoms with Crippen LogP contribution in [-0.4, -0.2) is 13.6 Å². The molecule has 0 fully saturated rings. The Bertz CT molecular complexity index is 511. The van der Waals surface area contributed by atoms with Crippen molar-refractivity contribution < 1.29 is 4.42 Å². The smallest absolute Gasteiger partial charge is 0.105 e. The maximum Gasteiger partial charge on any atom is 0.105 e. The maximum atomic E-state index is 6.03. The first kappa shape index (κ1) is 12.6. The fourth-order valence-electron chi connectivity index (χ4n) is 2.21. The van der Waals surface area contributed by atoms with Gasteiger partial charge in [-0.3, -0.25) is 0 Å². The zero-order chi connectivity index (χ0) is 13.1. The van der Waals surface area contributed by atoms with Gasteiger partial charge in [-0.2, -0.15) is 0 Å². The van der Waals surface area contributed by atoms with Crippen LogP contribution in [0.4, 0.5) is 11.4 Å². The molecule has 0 radical (unpaired) electrons. The lowest BCUT2D eigenvalue weighted by Gasteiger charge is -2.22. The van der Waals surface area contributed by atoms with Crippen molar-refractivity contribution in [2.24, 2.45) is 0 Å². The number of para-hydroxylation sites is 1. The first-order valence-electron chi connectivity index (χ1n) is 6.19. The molecule has 18 heavy (non-hydrogen) atoms. The molecule has 0 aliphatic rings. The van der Waals surface area contributed by atoms with E-state index in [4.69, 9.17) is 10.2 Å². The molecule has 0 amide bonds. The van der Waals surface area contributed by atoms with E-state index in [0.717, 1.165) is 35.9 Å². The van der Waals surface area contributed by atoms with Gasteiger partial charge in [0.05, 0.1) is 11.4 Å². The van der Waals surface area contributed by atoms with Crippen molar-refractivity contribution in [3.05, 3.63) is 47.4 Å². The van der Waals surface area contributed by atoms with Gasteiger partial charge in [-0.05, 0) is 37.6 Å². The Morgan fingerprint density at radius 3 is 2.56 bits per heavy atom. The van der Waals surface area contributed by atoms with Gasteiger partial charge in [-0.25, -0.2) is 0 Å². The SMILES string of the molecule is Cc1ccc(CCN(C)c2c(C)cccc2N)o1. The van der Waals surface area contributed by atoms with Crippen LogP contribution in [0.5, 0.6) is 0 Å². The predicted molar refractivity (Wildman–Crippen MR) is 76.0 cm³/mol. The minimum Gasteiger partial charge on any atom is -0.466 e. The number of nitrogens with zero attached hydrogens (tertiary/aromatic N) is 1. The predicted octanol–water partition coefficient (Wildman–Crippen LogP) is 3.16. The Morgan fingerprint density at radius 2 is 1.94 bits per heavy atom. The first-order chi connectivity index (χ1) is 8.58. The molecule has 1 aromatic carbocycles. The number of nitrogens with two attached hydrogens (primary N) is 1. The van der Waals surface area contributed by atoms with E-state index in [9.17, 15) is 0 Å². The highest BCUT2D eigenvalue weighted by Crippen LogP contribution is 2.26. The van der Waals surface area contributed by atoms with E-state index in [1.165, 1.54) is 5.56 Å². The normalized spacial score (nSPS) is 10.6. The van der Waals surface area contributed by atoms with Gasteiger partial charge < -0.3 is 15.1 Å². The summed E-state index contributed by atoms with van der Waals surface area (Å²) in [6.45, 7) is 4.94. The molecular formula is C15H20N2O. The second kappa shape index (κ2) is 5.17. The third kappa shape index (κ3) is 2.67. The molecule has 0 aliphatic carbocycles. The van der Waals surface area contributed by atoms with Gasteiger partial charge in [0.25, 0.3) is 0 Å². The third-order valence-electron chi connectivity index (χ3n) is 3.14. The molecule has 1 heterocycles. The maximum absolute atomic E-state index is 6.03. The van der Waals surface area contributed by atoms with E-state index in [-0.39, 0.29) is 0 Å². The number of furan rings is 1. The van der Waals surface area contributed by atoms with Gasteiger partial charge in [0.15, 0.2) is 0 Å². The first-order valence-corrected chi connectivity index (χ1v) is 6.19. The molecule has 96 valence electrons. The standard InChI is InChI=1S/C15H20N2O/c1-11-5-4-6-14(16)15(11)17(3)10-9-13-8-7-12(2)18-13/h4-8H,9-10,16H2,1-3H3. The molecule has 0 saturated heterocycles. The van der Waals surface area contributed by atoms with Gasteiger partial charge in [-0.15, -0.1) is 0 Å². The van der Waals surface area contributed by atoms with Crippen molar-refractivity contribution in [2.45, 2.75) is 20.3 Å². The van der Waals surface area contributed by atoms with Crippen LogP contribution in [0.15, 0.2) is 34.7 Å². The minimum atomic E-state index is 0.827. The molecule has 2 aromatic rings. The van der Waals surface area contributed by atoms with Crippen molar-refractivity contribution in [1.82, 2.24) is 0 Å². The molecule has 3 heteroatoms. The lowest BCUT2D eigenvalue weighted by Crippen LogP contribution is -2.22. The summed E-state index contributed by atoms with van der Waals surface area (Å²) < 4.78 is 5.57. The number of hydrogen-bond acceptors (Lipinski definition) is 3. The molecular weight excluding hydrogens is 224 g/mol. The van der Waals surface area contributed by atoms with E-state index in [1.807, 2.05) is 31.2 Å². The summed E-state index contributed by atoms with van der Waals surface area (Å²) in [6.07, 6.45) is 0.887. The third-order valence-corrected chi connectivity index (χ3v) is 3.14. The molecule has 0 saturated carbocycles. The van der Waals surface area contributed by atoms with Gasteiger partial charge in [0.2, 0.25) is 0 Å². The average molecular weight is 244 g/mol. The zero-order valence-corrected chi connectivity index (χ0v) is 11.2. The van der Waals surface area contributed by atoms with Crippen LogP contribution >= 0.6 is 0 Å². The van der Waals surface area contributed by atoms with Crippen molar-refractivity contribution in [3.63, 3.8) is 0 Å². The zero-order valence-electron chi connectivity index (χ0n) is 11.2. The van der Waals surface area contributed by atoms with Crippen molar-refractivity contribution >= 4 is 11.4 Å². The van der Waals surface area contributed by atoms with Crippen LogP contribution in [0.3, 0.4) is 0 Å². The molecule has 3 nitrogen and oxygen atoms in total. The van der Waals surface area contributed by atoms with E-state index < -0.39 is 0 Å². The van der Waals surface area contributed by atoms with Crippen molar-refractivity contribution in [1.29, 1.82) is 0 Å². The molecule has 0 unspecified atom stereocenters. The fraction of sp³-hybridized carbons (Fsp3) is 0.333. The lowest BCUT2D eigenvalue weighted by molar-refractivity contribution is 0.483. The van der Waals surface area contributed by atoms with Crippen LogP contribution in [0.2, 0.25) is 0 Å². The van der Waals surface area contributed by atoms with Crippen LogP contribution in [0.1, 0.15) is 17.1 Å². The quantitative estimate of drug-likeness (QED) is 0.840. The summed E-state index contributed by atoms with van der Waals surface area (Å²) in [5.41, 5.74) is 9.17. The number of rotatable bonds is 4. The molecule has 2 N–H and O–H groups in total. The Labute approximate surface area is 108 Å². The van der Waals surface area contributed by atoms with Crippen LogP contribution in [0, 0.1) is 13.8 Å². The summed E-state index contributed by atoms with van der Waals surface area (Å²) in [6, 6.07) is 10.0. The number of nitrogen functional groups attached to an aromatic ring is 1.